The minimum absolute atomic E-state index is 0.233. The number of phenolic OH excluding ortho intramolecular Hbond substituents is 1. The largest absolute Gasteiger partial charge is 0.507 e. The monoisotopic (exact) mass is 302 g/mol. The van der Waals surface area contributed by atoms with Crippen LogP contribution in [-0.2, 0) is 6.42 Å². The molecular weight excluding hydrogens is 284 g/mol. The summed E-state index contributed by atoms with van der Waals surface area (Å²) in [6, 6.07) is 13.4. The Morgan fingerprint density at radius 3 is 2.57 bits per heavy atom. The number of phenols is 1. The lowest BCUT2D eigenvalue weighted by molar-refractivity contribution is 0.477. The lowest BCUT2D eigenvalue weighted by atomic mass is 9.87. The number of anilines is 2. The first-order valence-corrected chi connectivity index (χ1v) is 7.75. The molecule has 0 saturated carbocycles. The van der Waals surface area contributed by atoms with Gasteiger partial charge in [0.1, 0.15) is 5.75 Å². The lowest BCUT2D eigenvalue weighted by Gasteiger charge is -2.19. The van der Waals surface area contributed by atoms with Crippen LogP contribution in [0.1, 0.15) is 17.5 Å². The van der Waals surface area contributed by atoms with E-state index in [1.54, 1.807) is 6.07 Å². The van der Waals surface area contributed by atoms with E-state index in [2.05, 4.69) is 12.2 Å². The number of hydrogen-bond acceptors (Lipinski definition) is 3. The minimum Gasteiger partial charge on any atom is -0.507 e. The van der Waals surface area contributed by atoms with Gasteiger partial charge in [0.15, 0.2) is 0 Å². The molecule has 0 bridgehead atoms. The average Bonchev–Trinajstić information content (AvgIpc) is 2.58. The molecule has 0 amide bonds. The highest BCUT2D eigenvalue weighted by atomic mass is 16.3. The van der Waals surface area contributed by atoms with Crippen LogP contribution in [-0.4, -0.2) is 5.11 Å². The Balaban J connectivity index is 2.09. The zero-order valence-corrected chi connectivity index (χ0v) is 12.7. The van der Waals surface area contributed by atoms with Crippen LogP contribution in [0.25, 0.3) is 28.0 Å². The Bertz CT molecular complexity index is 958. The molecule has 0 heterocycles. The normalized spacial score (nSPS) is 13.2. The van der Waals surface area contributed by atoms with Crippen LogP contribution in [0.5, 0.6) is 5.75 Å². The molecule has 1 aliphatic rings. The average molecular weight is 302 g/mol. The molecule has 0 aliphatic heterocycles. The number of benzene rings is 3. The molecule has 114 valence electrons. The Morgan fingerprint density at radius 1 is 0.957 bits per heavy atom. The summed E-state index contributed by atoms with van der Waals surface area (Å²) < 4.78 is 0. The molecule has 5 N–H and O–H groups in total. The smallest absolute Gasteiger partial charge is 0.124 e. The van der Waals surface area contributed by atoms with Gasteiger partial charge in [-0.05, 0) is 36.1 Å². The summed E-state index contributed by atoms with van der Waals surface area (Å²) in [6.07, 6.45) is 6.19. The number of fused-ring (bicyclic) bond motifs is 2. The number of allylic oxidation sites excluding steroid dienone is 1. The number of aromatic hydroxyl groups is 1. The van der Waals surface area contributed by atoms with Crippen molar-refractivity contribution in [2.75, 3.05) is 11.5 Å². The second-order valence-electron chi connectivity index (χ2n) is 5.95. The highest BCUT2D eigenvalue weighted by molar-refractivity contribution is 6.08. The van der Waals surface area contributed by atoms with E-state index in [0.717, 1.165) is 40.3 Å². The molecule has 3 aromatic carbocycles. The van der Waals surface area contributed by atoms with Crippen molar-refractivity contribution in [1.29, 1.82) is 0 Å². The summed E-state index contributed by atoms with van der Waals surface area (Å²) in [7, 11) is 0. The molecule has 3 aromatic rings. The van der Waals surface area contributed by atoms with Gasteiger partial charge >= 0.3 is 0 Å². The summed E-state index contributed by atoms with van der Waals surface area (Å²) in [6.45, 7) is 0. The van der Waals surface area contributed by atoms with E-state index < -0.39 is 0 Å². The second-order valence-corrected chi connectivity index (χ2v) is 5.95. The first kappa shape index (κ1) is 13.7. The van der Waals surface area contributed by atoms with Gasteiger partial charge in [0.25, 0.3) is 0 Å². The van der Waals surface area contributed by atoms with Crippen LogP contribution in [0.2, 0.25) is 0 Å². The van der Waals surface area contributed by atoms with Crippen molar-refractivity contribution < 1.29 is 5.11 Å². The van der Waals surface area contributed by atoms with Gasteiger partial charge in [-0.2, -0.15) is 0 Å². The fourth-order valence-corrected chi connectivity index (χ4v) is 3.42. The first-order chi connectivity index (χ1) is 11.2. The highest BCUT2D eigenvalue weighted by Gasteiger charge is 2.19. The number of aryl methyl sites for hydroxylation is 1. The van der Waals surface area contributed by atoms with Crippen molar-refractivity contribution in [3.63, 3.8) is 0 Å². The number of rotatable bonds is 1. The number of nitrogen functional groups attached to an aromatic ring is 2. The molecule has 1 aliphatic carbocycles. The van der Waals surface area contributed by atoms with Crippen LogP contribution in [0.15, 0.2) is 48.5 Å². The zero-order valence-electron chi connectivity index (χ0n) is 12.7. The van der Waals surface area contributed by atoms with Crippen molar-refractivity contribution >= 4 is 28.2 Å². The topological polar surface area (TPSA) is 72.3 Å². The fourth-order valence-electron chi connectivity index (χ4n) is 3.42. The molecule has 0 aromatic heterocycles. The van der Waals surface area contributed by atoms with E-state index in [0.29, 0.717) is 11.4 Å². The summed E-state index contributed by atoms with van der Waals surface area (Å²) in [5.74, 6) is 0.233. The van der Waals surface area contributed by atoms with Gasteiger partial charge in [0.2, 0.25) is 0 Å². The maximum Gasteiger partial charge on any atom is 0.124 e. The van der Waals surface area contributed by atoms with Crippen LogP contribution in [0.4, 0.5) is 11.4 Å². The first-order valence-electron chi connectivity index (χ1n) is 7.75. The van der Waals surface area contributed by atoms with E-state index >= 15 is 0 Å². The third-order valence-electron chi connectivity index (χ3n) is 4.57. The van der Waals surface area contributed by atoms with Crippen molar-refractivity contribution in [1.82, 2.24) is 0 Å². The highest BCUT2D eigenvalue weighted by Crippen LogP contribution is 2.43. The van der Waals surface area contributed by atoms with Crippen LogP contribution in [0, 0.1) is 0 Å². The summed E-state index contributed by atoms with van der Waals surface area (Å²) >= 11 is 0. The third-order valence-corrected chi connectivity index (χ3v) is 4.57. The molecule has 23 heavy (non-hydrogen) atoms. The summed E-state index contributed by atoms with van der Waals surface area (Å²) in [5.41, 5.74) is 17.8. The Hall–Kier alpha value is -2.94. The molecule has 0 unspecified atom stereocenters. The van der Waals surface area contributed by atoms with E-state index in [-0.39, 0.29) is 5.75 Å². The van der Waals surface area contributed by atoms with Gasteiger partial charge in [-0.25, -0.2) is 0 Å². The van der Waals surface area contributed by atoms with Gasteiger partial charge < -0.3 is 16.6 Å². The van der Waals surface area contributed by atoms with Gasteiger partial charge in [-0.3, -0.25) is 0 Å². The van der Waals surface area contributed by atoms with Gasteiger partial charge in [-0.15, -0.1) is 0 Å². The predicted octanol–water partition coefficient (Wildman–Crippen LogP) is 4.34. The zero-order chi connectivity index (χ0) is 16.0. The van der Waals surface area contributed by atoms with E-state index in [1.165, 1.54) is 5.56 Å². The van der Waals surface area contributed by atoms with Crippen LogP contribution in [0.3, 0.4) is 0 Å². The van der Waals surface area contributed by atoms with Crippen LogP contribution < -0.4 is 11.5 Å². The molecule has 4 rings (SSSR count). The quantitative estimate of drug-likeness (QED) is 0.586. The van der Waals surface area contributed by atoms with Gasteiger partial charge in [0, 0.05) is 33.3 Å². The van der Waals surface area contributed by atoms with E-state index in [1.807, 2.05) is 36.4 Å². The minimum atomic E-state index is 0.233. The predicted molar refractivity (Wildman–Crippen MR) is 97.2 cm³/mol. The van der Waals surface area contributed by atoms with Crippen molar-refractivity contribution in [3.05, 3.63) is 59.7 Å². The fraction of sp³-hybridized carbons (Fsp3) is 0.100. The lowest BCUT2D eigenvalue weighted by Crippen LogP contribution is -2.01. The van der Waals surface area contributed by atoms with Crippen molar-refractivity contribution in [2.45, 2.75) is 12.8 Å². The Labute approximate surface area is 134 Å². The molecule has 3 heteroatoms. The molecule has 0 atom stereocenters. The van der Waals surface area contributed by atoms with Gasteiger partial charge in [0.05, 0.1) is 0 Å². The standard InChI is InChI=1S/C20H18N2O/c21-17-11-16(20(22)15-8-4-3-7-14(15)17)19-13-6-2-1-5-12(13)9-10-18(19)23/h2-4,6-11,23H,1,5,21-22H2. The summed E-state index contributed by atoms with van der Waals surface area (Å²) in [4.78, 5) is 0. The molecule has 3 nitrogen and oxygen atoms in total. The molecule has 0 spiro atoms. The molecule has 0 saturated heterocycles. The number of hydrogen-bond donors (Lipinski definition) is 3. The van der Waals surface area contributed by atoms with Gasteiger partial charge in [-0.1, -0.05) is 42.5 Å². The van der Waals surface area contributed by atoms with E-state index in [4.69, 9.17) is 11.5 Å². The molecule has 0 radical (unpaired) electrons. The Kier molecular flexibility index (Phi) is 3.01. The maximum atomic E-state index is 10.5. The molecule has 0 fully saturated rings. The maximum absolute atomic E-state index is 10.5. The second kappa shape index (κ2) is 5.06. The Morgan fingerprint density at radius 2 is 1.74 bits per heavy atom. The third kappa shape index (κ3) is 2.05. The SMILES string of the molecule is Nc1cc(-c2c(O)ccc3c2C=CCC3)c(N)c2ccccc12. The molecular formula is C20H18N2O. The van der Waals surface area contributed by atoms with Crippen molar-refractivity contribution in [2.24, 2.45) is 0 Å². The van der Waals surface area contributed by atoms with Crippen LogP contribution >= 0.6 is 0 Å². The number of nitrogens with two attached hydrogens (primary N) is 2. The van der Waals surface area contributed by atoms with Crippen molar-refractivity contribution in [3.8, 4) is 16.9 Å². The summed E-state index contributed by atoms with van der Waals surface area (Å²) in [5, 5.41) is 12.3. The van der Waals surface area contributed by atoms with E-state index in [9.17, 15) is 5.11 Å².